The van der Waals surface area contributed by atoms with Crippen molar-refractivity contribution < 1.29 is 14.3 Å². The Labute approximate surface area is 134 Å². The summed E-state index contributed by atoms with van der Waals surface area (Å²) in [6, 6.07) is 7.25. The van der Waals surface area contributed by atoms with Gasteiger partial charge in [-0.05, 0) is 31.0 Å². The van der Waals surface area contributed by atoms with Gasteiger partial charge >= 0.3 is 0 Å². The lowest BCUT2D eigenvalue weighted by atomic mass is 10.2. The predicted molar refractivity (Wildman–Crippen MR) is 85.6 cm³/mol. The first kappa shape index (κ1) is 15.2. The van der Waals surface area contributed by atoms with Gasteiger partial charge in [0.05, 0.1) is 12.0 Å². The molecule has 2 unspecified atom stereocenters. The summed E-state index contributed by atoms with van der Waals surface area (Å²) in [5.74, 6) is 1.46. The first-order chi connectivity index (χ1) is 10.5. The largest absolute Gasteiger partial charge is 0.497 e. The Kier molecular flexibility index (Phi) is 4.04. The minimum Gasteiger partial charge on any atom is -0.497 e. The second-order valence-electron chi connectivity index (χ2n) is 5.83. The first-order valence-corrected chi connectivity index (χ1v) is 8.39. The molecule has 1 aromatic carbocycles. The zero-order chi connectivity index (χ0) is 15.7. The first-order valence-electron chi connectivity index (χ1n) is 7.40. The zero-order valence-electron chi connectivity index (χ0n) is 12.8. The van der Waals surface area contributed by atoms with Crippen molar-refractivity contribution in [3.05, 3.63) is 29.8 Å². The molecule has 2 amide bonds. The number of benzene rings is 1. The summed E-state index contributed by atoms with van der Waals surface area (Å²) in [6.07, 6.45) is 1.37. The number of carbonyl (C=O) groups is 2. The van der Waals surface area contributed by atoms with E-state index in [9.17, 15) is 9.59 Å². The van der Waals surface area contributed by atoms with Gasteiger partial charge in [0.2, 0.25) is 11.8 Å². The third kappa shape index (κ3) is 2.67. The van der Waals surface area contributed by atoms with Gasteiger partial charge in [-0.1, -0.05) is 12.1 Å². The van der Waals surface area contributed by atoms with Crippen molar-refractivity contribution >= 4 is 23.6 Å². The summed E-state index contributed by atoms with van der Waals surface area (Å²) in [4.78, 5) is 26.1. The van der Waals surface area contributed by atoms with E-state index in [0.29, 0.717) is 18.7 Å². The molecule has 2 fully saturated rings. The number of nitrogens with zero attached hydrogens (tertiary/aromatic N) is 1. The maximum atomic E-state index is 12.5. The van der Waals surface area contributed by atoms with Gasteiger partial charge in [0.1, 0.15) is 11.8 Å². The Hall–Kier alpha value is -1.69. The van der Waals surface area contributed by atoms with Gasteiger partial charge in [0.15, 0.2) is 0 Å². The molecule has 0 aromatic heterocycles. The van der Waals surface area contributed by atoms with Crippen LogP contribution in [0.3, 0.4) is 0 Å². The van der Waals surface area contributed by atoms with Crippen molar-refractivity contribution in [1.29, 1.82) is 0 Å². The van der Waals surface area contributed by atoms with E-state index in [4.69, 9.17) is 4.74 Å². The highest BCUT2D eigenvalue weighted by atomic mass is 32.2. The Morgan fingerprint density at radius 2 is 2.36 bits per heavy atom. The quantitative estimate of drug-likeness (QED) is 0.918. The molecule has 0 bridgehead atoms. The molecule has 5 nitrogen and oxygen atoms in total. The maximum absolute atomic E-state index is 12.5. The lowest BCUT2D eigenvalue weighted by Gasteiger charge is -2.29. The molecular weight excluding hydrogens is 300 g/mol. The Balaban J connectivity index is 1.64. The standard InChI is InChI=1S/C16H20N2O3S/c1-16-7-6-14(19)18(16)13(10-22-16)15(20)17-9-11-4-3-5-12(8-11)21-2/h3-5,8,13H,6-7,9-10H2,1-2H3,(H,17,20). The SMILES string of the molecule is COc1cccc(CNC(=O)C2CSC3(C)CCC(=O)N23)c1. The average Bonchev–Trinajstić information content (AvgIpc) is 3.02. The van der Waals surface area contributed by atoms with Crippen molar-refractivity contribution in [3.63, 3.8) is 0 Å². The molecule has 1 aromatic rings. The zero-order valence-corrected chi connectivity index (χ0v) is 13.6. The van der Waals surface area contributed by atoms with Crippen molar-refractivity contribution in [1.82, 2.24) is 10.2 Å². The van der Waals surface area contributed by atoms with E-state index in [1.165, 1.54) is 0 Å². The number of nitrogens with one attached hydrogen (secondary N) is 1. The molecule has 2 heterocycles. The second kappa shape index (κ2) is 5.83. The fraction of sp³-hybridized carbons (Fsp3) is 0.500. The van der Waals surface area contributed by atoms with Crippen molar-refractivity contribution in [2.45, 2.75) is 37.2 Å². The number of hydrogen-bond donors (Lipinski definition) is 1. The Morgan fingerprint density at radius 3 is 3.14 bits per heavy atom. The normalized spacial score (nSPS) is 26.9. The second-order valence-corrected chi connectivity index (χ2v) is 7.34. The molecule has 0 saturated carbocycles. The predicted octanol–water partition coefficient (Wildman–Crippen LogP) is 1.77. The number of ether oxygens (including phenoxy) is 1. The highest BCUT2D eigenvalue weighted by Gasteiger charge is 2.52. The van der Waals surface area contributed by atoms with Gasteiger partial charge in [-0.25, -0.2) is 0 Å². The van der Waals surface area contributed by atoms with E-state index in [2.05, 4.69) is 12.2 Å². The lowest BCUT2D eigenvalue weighted by molar-refractivity contribution is -0.138. The molecule has 0 spiro atoms. The molecular formula is C16H20N2O3S. The minimum atomic E-state index is -0.351. The van der Waals surface area contributed by atoms with Crippen LogP contribution >= 0.6 is 11.8 Å². The molecule has 22 heavy (non-hydrogen) atoms. The molecule has 0 radical (unpaired) electrons. The molecule has 6 heteroatoms. The van der Waals surface area contributed by atoms with Crippen LogP contribution in [-0.4, -0.2) is 40.5 Å². The number of thioether (sulfide) groups is 1. The van der Waals surface area contributed by atoms with Crippen LogP contribution in [0.5, 0.6) is 5.75 Å². The average molecular weight is 320 g/mol. The summed E-state index contributed by atoms with van der Waals surface area (Å²) in [5.41, 5.74) is 0.980. The monoisotopic (exact) mass is 320 g/mol. The van der Waals surface area contributed by atoms with Crippen LogP contribution in [0, 0.1) is 0 Å². The van der Waals surface area contributed by atoms with Gasteiger partial charge in [-0.15, -0.1) is 11.8 Å². The highest BCUT2D eigenvalue weighted by molar-refractivity contribution is 8.01. The summed E-state index contributed by atoms with van der Waals surface area (Å²) in [5, 5.41) is 2.94. The van der Waals surface area contributed by atoms with E-state index >= 15 is 0 Å². The molecule has 2 atom stereocenters. The fourth-order valence-electron chi connectivity index (χ4n) is 3.10. The van der Waals surface area contributed by atoms with Crippen molar-refractivity contribution in [3.8, 4) is 5.75 Å². The van der Waals surface area contributed by atoms with Crippen LogP contribution in [0.1, 0.15) is 25.3 Å². The Bertz CT molecular complexity index is 607. The highest BCUT2D eigenvalue weighted by Crippen LogP contribution is 2.47. The van der Waals surface area contributed by atoms with E-state index in [1.54, 1.807) is 23.8 Å². The lowest BCUT2D eigenvalue weighted by Crippen LogP contribution is -2.49. The van der Waals surface area contributed by atoms with Crippen molar-refractivity contribution in [2.75, 3.05) is 12.9 Å². The van der Waals surface area contributed by atoms with E-state index in [-0.39, 0.29) is 22.7 Å². The fourth-order valence-corrected chi connectivity index (χ4v) is 4.54. The molecule has 2 aliphatic heterocycles. The van der Waals surface area contributed by atoms with Gasteiger partial charge in [0, 0.05) is 18.7 Å². The summed E-state index contributed by atoms with van der Waals surface area (Å²) >= 11 is 1.71. The summed E-state index contributed by atoms with van der Waals surface area (Å²) in [7, 11) is 1.62. The molecule has 3 rings (SSSR count). The van der Waals surface area contributed by atoms with Crippen LogP contribution in [0.4, 0.5) is 0 Å². The third-order valence-electron chi connectivity index (χ3n) is 4.35. The number of carbonyl (C=O) groups excluding carboxylic acids is 2. The smallest absolute Gasteiger partial charge is 0.243 e. The van der Waals surface area contributed by atoms with E-state index < -0.39 is 0 Å². The summed E-state index contributed by atoms with van der Waals surface area (Å²) < 4.78 is 5.18. The maximum Gasteiger partial charge on any atom is 0.243 e. The molecule has 118 valence electrons. The van der Waals surface area contributed by atoms with Gasteiger partial charge in [0.25, 0.3) is 0 Å². The molecule has 1 N–H and O–H groups in total. The van der Waals surface area contributed by atoms with Gasteiger partial charge in [-0.2, -0.15) is 0 Å². The number of methoxy groups -OCH3 is 1. The molecule has 2 saturated heterocycles. The molecule has 0 aliphatic carbocycles. The minimum absolute atomic E-state index is 0.0747. The topological polar surface area (TPSA) is 58.6 Å². The van der Waals surface area contributed by atoms with Crippen molar-refractivity contribution in [2.24, 2.45) is 0 Å². The van der Waals surface area contributed by atoms with Crippen LogP contribution in [0.2, 0.25) is 0 Å². The van der Waals surface area contributed by atoms with E-state index in [0.717, 1.165) is 17.7 Å². The number of fused-ring (bicyclic) bond motifs is 1. The summed E-state index contributed by atoms with van der Waals surface area (Å²) in [6.45, 7) is 2.49. The van der Waals surface area contributed by atoms with Gasteiger partial charge < -0.3 is 15.0 Å². The number of rotatable bonds is 4. The molecule has 2 aliphatic rings. The number of hydrogen-bond acceptors (Lipinski definition) is 4. The third-order valence-corrected chi connectivity index (χ3v) is 5.85. The number of amides is 2. The van der Waals surface area contributed by atoms with Crippen LogP contribution in [0.15, 0.2) is 24.3 Å². The van der Waals surface area contributed by atoms with Crippen LogP contribution < -0.4 is 10.1 Å². The van der Waals surface area contributed by atoms with Crippen LogP contribution in [-0.2, 0) is 16.1 Å². The van der Waals surface area contributed by atoms with Crippen LogP contribution in [0.25, 0.3) is 0 Å². The Morgan fingerprint density at radius 1 is 1.55 bits per heavy atom. The van der Waals surface area contributed by atoms with E-state index in [1.807, 2.05) is 24.3 Å². The van der Waals surface area contributed by atoms with Gasteiger partial charge in [-0.3, -0.25) is 9.59 Å².